The molecule has 2 atom stereocenters. The SMILES string of the molecule is Cc1ccc(N2CC3CCn4c(C(=O)NCc5ccco5)nnc4C3C2)nn1. The molecule has 2 aliphatic heterocycles. The van der Waals surface area contributed by atoms with Gasteiger partial charge in [-0.15, -0.1) is 15.3 Å². The third-order valence-electron chi connectivity index (χ3n) is 5.59. The normalized spacial score (nSPS) is 20.7. The van der Waals surface area contributed by atoms with Crippen LogP contribution in [-0.4, -0.2) is 44.0 Å². The highest BCUT2D eigenvalue weighted by Crippen LogP contribution is 2.39. The summed E-state index contributed by atoms with van der Waals surface area (Å²) in [5, 5.41) is 19.9. The predicted molar refractivity (Wildman–Crippen MR) is 99.7 cm³/mol. The van der Waals surface area contributed by atoms with E-state index in [0.29, 0.717) is 24.0 Å². The van der Waals surface area contributed by atoms with Crippen LogP contribution in [0.3, 0.4) is 0 Å². The average molecular weight is 379 g/mol. The van der Waals surface area contributed by atoms with Gasteiger partial charge in [-0.1, -0.05) is 0 Å². The molecule has 1 amide bonds. The molecule has 28 heavy (non-hydrogen) atoms. The van der Waals surface area contributed by atoms with Crippen LogP contribution < -0.4 is 10.2 Å². The van der Waals surface area contributed by atoms with Gasteiger partial charge in [-0.25, -0.2) is 0 Å². The average Bonchev–Trinajstić information content (AvgIpc) is 3.44. The molecule has 1 N–H and O–H groups in total. The molecule has 0 radical (unpaired) electrons. The Balaban J connectivity index is 1.33. The van der Waals surface area contributed by atoms with Crippen molar-refractivity contribution in [3.8, 4) is 0 Å². The molecular formula is C19H21N7O2. The van der Waals surface area contributed by atoms with Crippen LogP contribution in [0.15, 0.2) is 34.9 Å². The Hall–Kier alpha value is -3.23. The molecule has 3 aromatic heterocycles. The molecule has 1 fully saturated rings. The van der Waals surface area contributed by atoms with E-state index in [1.165, 1.54) is 0 Å². The quantitative estimate of drug-likeness (QED) is 0.733. The van der Waals surface area contributed by atoms with E-state index in [9.17, 15) is 4.79 Å². The molecule has 0 bridgehead atoms. The molecule has 0 aliphatic carbocycles. The molecule has 0 saturated carbocycles. The van der Waals surface area contributed by atoms with E-state index in [-0.39, 0.29) is 11.8 Å². The minimum atomic E-state index is -0.229. The van der Waals surface area contributed by atoms with E-state index in [1.54, 1.807) is 12.3 Å². The van der Waals surface area contributed by atoms with Gasteiger partial charge >= 0.3 is 0 Å². The number of rotatable bonds is 4. The van der Waals surface area contributed by atoms with Crippen molar-refractivity contribution >= 4 is 11.7 Å². The zero-order chi connectivity index (χ0) is 19.1. The van der Waals surface area contributed by atoms with Crippen molar-refractivity contribution in [2.75, 3.05) is 18.0 Å². The van der Waals surface area contributed by atoms with E-state index >= 15 is 0 Å². The smallest absolute Gasteiger partial charge is 0.289 e. The third kappa shape index (κ3) is 2.92. The topological polar surface area (TPSA) is 102 Å². The van der Waals surface area contributed by atoms with Gasteiger partial charge in [-0.3, -0.25) is 4.79 Å². The second-order valence-corrected chi connectivity index (χ2v) is 7.39. The van der Waals surface area contributed by atoms with Gasteiger partial charge in [0.1, 0.15) is 11.6 Å². The van der Waals surface area contributed by atoms with Crippen molar-refractivity contribution in [1.82, 2.24) is 30.3 Å². The van der Waals surface area contributed by atoms with Crippen molar-refractivity contribution in [3.63, 3.8) is 0 Å². The fourth-order valence-corrected chi connectivity index (χ4v) is 4.14. The van der Waals surface area contributed by atoms with E-state index in [1.807, 2.05) is 29.7 Å². The molecule has 3 aromatic rings. The van der Waals surface area contributed by atoms with Crippen molar-refractivity contribution in [3.05, 3.63) is 53.6 Å². The summed E-state index contributed by atoms with van der Waals surface area (Å²) in [5.74, 6) is 3.36. The Morgan fingerprint density at radius 2 is 2.14 bits per heavy atom. The highest BCUT2D eigenvalue weighted by Gasteiger charge is 2.41. The number of carbonyl (C=O) groups excluding carboxylic acids is 1. The molecule has 0 aromatic carbocycles. The van der Waals surface area contributed by atoms with Crippen molar-refractivity contribution in [2.24, 2.45) is 5.92 Å². The maximum atomic E-state index is 12.6. The summed E-state index contributed by atoms with van der Waals surface area (Å²) in [7, 11) is 0. The van der Waals surface area contributed by atoms with E-state index in [4.69, 9.17) is 4.42 Å². The Morgan fingerprint density at radius 3 is 2.93 bits per heavy atom. The molecule has 1 saturated heterocycles. The number of aromatic nitrogens is 5. The lowest BCUT2D eigenvalue weighted by Crippen LogP contribution is -2.30. The highest BCUT2D eigenvalue weighted by atomic mass is 16.3. The number of furan rings is 1. The summed E-state index contributed by atoms with van der Waals surface area (Å²) in [6.45, 7) is 4.76. The summed E-state index contributed by atoms with van der Waals surface area (Å²) in [5.41, 5.74) is 0.908. The van der Waals surface area contributed by atoms with Crippen LogP contribution in [0.25, 0.3) is 0 Å². The first-order valence-electron chi connectivity index (χ1n) is 9.48. The Labute approximate surface area is 161 Å². The fourth-order valence-electron chi connectivity index (χ4n) is 4.14. The lowest BCUT2D eigenvalue weighted by Gasteiger charge is -2.24. The molecule has 144 valence electrons. The number of fused-ring (bicyclic) bond motifs is 3. The van der Waals surface area contributed by atoms with Gasteiger partial charge in [-0.05, 0) is 43.5 Å². The van der Waals surface area contributed by atoms with Crippen molar-refractivity contribution in [2.45, 2.75) is 32.4 Å². The van der Waals surface area contributed by atoms with Crippen LogP contribution in [0.2, 0.25) is 0 Å². The number of hydrogen-bond donors (Lipinski definition) is 1. The molecule has 5 rings (SSSR count). The molecule has 2 unspecified atom stereocenters. The van der Waals surface area contributed by atoms with Crippen molar-refractivity contribution in [1.29, 1.82) is 0 Å². The van der Waals surface area contributed by atoms with Crippen LogP contribution in [-0.2, 0) is 13.1 Å². The maximum absolute atomic E-state index is 12.6. The standard InChI is InChI=1S/C19H21N7O2/c1-12-4-5-16(22-21-12)25-10-13-6-7-26-17(15(13)11-25)23-24-18(26)19(27)20-9-14-3-2-8-28-14/h2-5,8,13,15H,6-7,9-11H2,1H3,(H,20,27). The van der Waals surface area contributed by atoms with Crippen LogP contribution in [0, 0.1) is 12.8 Å². The van der Waals surface area contributed by atoms with Crippen LogP contribution >= 0.6 is 0 Å². The van der Waals surface area contributed by atoms with Crippen LogP contribution in [0.4, 0.5) is 5.82 Å². The van der Waals surface area contributed by atoms with E-state index in [2.05, 4.69) is 30.6 Å². The number of carbonyl (C=O) groups is 1. The second-order valence-electron chi connectivity index (χ2n) is 7.39. The summed E-state index contributed by atoms with van der Waals surface area (Å²) in [4.78, 5) is 14.8. The maximum Gasteiger partial charge on any atom is 0.289 e. The van der Waals surface area contributed by atoms with Crippen molar-refractivity contribution < 1.29 is 9.21 Å². The molecule has 0 spiro atoms. The van der Waals surface area contributed by atoms with Gasteiger partial charge in [0.15, 0.2) is 5.82 Å². The first-order valence-corrected chi connectivity index (χ1v) is 9.48. The fraction of sp³-hybridized carbons (Fsp3) is 0.421. The minimum absolute atomic E-state index is 0.229. The summed E-state index contributed by atoms with van der Waals surface area (Å²) < 4.78 is 7.22. The number of amides is 1. The second kappa shape index (κ2) is 6.74. The summed E-state index contributed by atoms with van der Waals surface area (Å²) in [6.07, 6.45) is 2.58. The third-order valence-corrected chi connectivity index (χ3v) is 5.59. The Kier molecular flexibility index (Phi) is 4.07. The minimum Gasteiger partial charge on any atom is -0.467 e. The molecule has 5 heterocycles. The number of aryl methyl sites for hydroxylation is 1. The van der Waals surface area contributed by atoms with Gasteiger partial charge in [0.2, 0.25) is 5.82 Å². The van der Waals surface area contributed by atoms with Gasteiger partial charge < -0.3 is 19.2 Å². The van der Waals surface area contributed by atoms with E-state index in [0.717, 1.165) is 43.4 Å². The zero-order valence-electron chi connectivity index (χ0n) is 15.6. The van der Waals surface area contributed by atoms with Crippen LogP contribution in [0.1, 0.15) is 40.2 Å². The summed E-state index contributed by atoms with van der Waals surface area (Å²) in [6, 6.07) is 7.61. The first-order chi connectivity index (χ1) is 13.7. The van der Waals surface area contributed by atoms with Gasteiger partial charge in [0, 0.05) is 25.6 Å². The molecule has 9 heteroatoms. The number of anilines is 1. The molecular weight excluding hydrogens is 358 g/mol. The van der Waals surface area contributed by atoms with Crippen LogP contribution in [0.5, 0.6) is 0 Å². The van der Waals surface area contributed by atoms with Gasteiger partial charge in [-0.2, -0.15) is 5.10 Å². The number of nitrogens with zero attached hydrogens (tertiary/aromatic N) is 6. The number of nitrogens with one attached hydrogen (secondary N) is 1. The lowest BCUT2D eigenvalue weighted by atomic mass is 9.89. The van der Waals surface area contributed by atoms with Gasteiger partial charge in [0.05, 0.1) is 18.5 Å². The summed E-state index contributed by atoms with van der Waals surface area (Å²) >= 11 is 0. The number of hydrogen-bond acceptors (Lipinski definition) is 7. The predicted octanol–water partition coefficient (Wildman–Crippen LogP) is 1.52. The Bertz CT molecular complexity index is 980. The first kappa shape index (κ1) is 16.9. The van der Waals surface area contributed by atoms with Gasteiger partial charge in [0.25, 0.3) is 5.91 Å². The largest absolute Gasteiger partial charge is 0.467 e. The Morgan fingerprint density at radius 1 is 1.21 bits per heavy atom. The molecule has 9 nitrogen and oxygen atoms in total. The lowest BCUT2D eigenvalue weighted by molar-refractivity contribution is 0.0931. The molecule has 2 aliphatic rings. The zero-order valence-corrected chi connectivity index (χ0v) is 15.6. The monoisotopic (exact) mass is 379 g/mol. The van der Waals surface area contributed by atoms with E-state index < -0.39 is 0 Å². The highest BCUT2D eigenvalue weighted by molar-refractivity contribution is 5.90.